The molecule has 1 fully saturated rings. The van der Waals surface area contributed by atoms with Crippen molar-refractivity contribution in [3.8, 4) is 11.3 Å². The van der Waals surface area contributed by atoms with Gasteiger partial charge in [-0.2, -0.15) is 0 Å². The van der Waals surface area contributed by atoms with E-state index in [-0.39, 0.29) is 5.25 Å². The molecule has 7 nitrogen and oxygen atoms in total. The van der Waals surface area contributed by atoms with Crippen molar-refractivity contribution in [2.45, 2.75) is 36.7 Å². The molecule has 1 aliphatic rings. The van der Waals surface area contributed by atoms with E-state index in [1.165, 1.54) is 18.3 Å². The predicted octanol–water partition coefficient (Wildman–Crippen LogP) is 4.38. The average molecular weight is 530 g/mol. The lowest BCUT2D eigenvalue weighted by molar-refractivity contribution is -0.00230. The Kier molecular flexibility index (Phi) is 6.41. The van der Waals surface area contributed by atoms with Crippen LogP contribution in [0.3, 0.4) is 0 Å². The smallest absolute Gasteiger partial charge is 0.215 e. The van der Waals surface area contributed by atoms with E-state index in [4.69, 9.17) is 11.6 Å². The summed E-state index contributed by atoms with van der Waals surface area (Å²) in [5.74, 6) is 0. The van der Waals surface area contributed by atoms with Gasteiger partial charge in [-0.05, 0) is 61.2 Å². The van der Waals surface area contributed by atoms with Crippen molar-refractivity contribution in [3.05, 3.63) is 82.0 Å². The second kappa shape index (κ2) is 9.24. The van der Waals surface area contributed by atoms with E-state index in [1.807, 2.05) is 30.3 Å². The summed E-state index contributed by atoms with van der Waals surface area (Å²) in [6.07, 6.45) is 4.57. The molecule has 1 aliphatic carbocycles. The van der Waals surface area contributed by atoms with Gasteiger partial charge in [-0.25, -0.2) is 13.1 Å². The van der Waals surface area contributed by atoms with Crippen LogP contribution >= 0.6 is 22.9 Å². The summed E-state index contributed by atoms with van der Waals surface area (Å²) < 4.78 is 29.5. The Morgan fingerprint density at radius 1 is 1.17 bits per heavy atom. The van der Waals surface area contributed by atoms with E-state index in [9.17, 15) is 18.6 Å². The molecule has 1 aromatic carbocycles. The van der Waals surface area contributed by atoms with Crippen LogP contribution in [0, 0.1) is 0 Å². The number of aliphatic hydroxyl groups is 2. The SMILES string of the molecule is C[C@@](O)(CO)c1ccnc(-c2ccnc3cc(C(NS(=O)(=O)C4CC4)c4ccccc4Cl)sc23)c1. The fraction of sp³-hybridized carbons (Fsp3) is 0.280. The third-order valence-corrected chi connectivity index (χ3v) is 9.62. The van der Waals surface area contributed by atoms with Gasteiger partial charge in [0, 0.05) is 27.9 Å². The molecular weight excluding hydrogens is 506 g/mol. The quantitative estimate of drug-likeness (QED) is 0.312. The van der Waals surface area contributed by atoms with Crippen molar-refractivity contribution in [2.24, 2.45) is 0 Å². The largest absolute Gasteiger partial charge is 0.393 e. The highest BCUT2D eigenvalue weighted by molar-refractivity contribution is 7.90. The number of sulfonamides is 1. The molecule has 2 atom stereocenters. The zero-order valence-corrected chi connectivity index (χ0v) is 21.2. The Hall–Kier alpha value is -2.40. The van der Waals surface area contributed by atoms with Crippen molar-refractivity contribution >= 4 is 43.2 Å². The highest BCUT2D eigenvalue weighted by Crippen LogP contribution is 2.40. The van der Waals surface area contributed by atoms with Gasteiger partial charge in [0.25, 0.3) is 0 Å². The van der Waals surface area contributed by atoms with Crippen LogP contribution in [0.15, 0.2) is 60.9 Å². The standard InChI is InChI=1S/C25H24ClN3O4S2/c1-25(31,14-30)15-8-10-27-20(12-15)18-9-11-28-21-13-22(34-24(18)21)23(17-4-2-3-5-19(17)26)29-35(32,33)16-6-7-16/h2-5,8-13,16,23,29-31H,6-7,14H2,1H3/t23?,25-/m1/s1. The van der Waals surface area contributed by atoms with E-state index >= 15 is 0 Å². The molecular formula is C25H24ClN3O4S2. The molecule has 10 heteroatoms. The zero-order chi connectivity index (χ0) is 24.8. The minimum absolute atomic E-state index is 0.373. The minimum Gasteiger partial charge on any atom is -0.393 e. The van der Waals surface area contributed by atoms with Gasteiger partial charge in [0.2, 0.25) is 10.0 Å². The maximum atomic E-state index is 12.9. The van der Waals surface area contributed by atoms with Crippen molar-refractivity contribution in [1.29, 1.82) is 0 Å². The van der Waals surface area contributed by atoms with E-state index in [1.54, 1.807) is 30.6 Å². The first-order valence-corrected chi connectivity index (χ1v) is 13.9. The summed E-state index contributed by atoms with van der Waals surface area (Å²) in [5, 5.41) is 20.2. The molecule has 1 saturated carbocycles. The number of aliphatic hydroxyl groups excluding tert-OH is 1. The number of rotatable bonds is 8. The van der Waals surface area contributed by atoms with Crippen molar-refractivity contribution in [1.82, 2.24) is 14.7 Å². The van der Waals surface area contributed by atoms with E-state index in [2.05, 4.69) is 14.7 Å². The first-order chi connectivity index (χ1) is 16.7. The molecule has 0 bridgehead atoms. The minimum atomic E-state index is -3.51. The lowest BCUT2D eigenvalue weighted by Gasteiger charge is -2.21. The third-order valence-electron chi connectivity index (χ3n) is 6.14. The topological polar surface area (TPSA) is 112 Å². The highest BCUT2D eigenvalue weighted by Gasteiger charge is 2.38. The Morgan fingerprint density at radius 3 is 2.63 bits per heavy atom. The summed E-state index contributed by atoms with van der Waals surface area (Å²) in [7, 11) is -3.51. The molecule has 3 heterocycles. The molecule has 4 aromatic rings. The second-order valence-corrected chi connectivity index (χ2v) is 12.4. The molecule has 0 spiro atoms. The molecule has 3 aromatic heterocycles. The number of nitrogens with one attached hydrogen (secondary N) is 1. The van der Waals surface area contributed by atoms with E-state index in [0.717, 1.165) is 15.1 Å². The number of hydrogen-bond donors (Lipinski definition) is 3. The maximum Gasteiger partial charge on any atom is 0.215 e. The highest BCUT2D eigenvalue weighted by atomic mass is 35.5. The molecule has 3 N–H and O–H groups in total. The maximum absolute atomic E-state index is 12.9. The van der Waals surface area contributed by atoms with Gasteiger partial charge in [-0.1, -0.05) is 29.8 Å². The number of hydrogen-bond acceptors (Lipinski definition) is 7. The van der Waals surface area contributed by atoms with Crippen LogP contribution in [0.2, 0.25) is 5.02 Å². The monoisotopic (exact) mass is 529 g/mol. The van der Waals surface area contributed by atoms with Crippen molar-refractivity contribution in [3.63, 3.8) is 0 Å². The predicted molar refractivity (Wildman–Crippen MR) is 138 cm³/mol. The van der Waals surface area contributed by atoms with Gasteiger partial charge in [0.15, 0.2) is 0 Å². The van der Waals surface area contributed by atoms with Gasteiger partial charge >= 0.3 is 0 Å². The summed E-state index contributed by atoms with van der Waals surface area (Å²) in [6.45, 7) is 1.11. The number of thiophene rings is 1. The van der Waals surface area contributed by atoms with Gasteiger partial charge in [-0.15, -0.1) is 11.3 Å². The van der Waals surface area contributed by atoms with Gasteiger partial charge in [0.1, 0.15) is 5.60 Å². The second-order valence-electron chi connectivity index (χ2n) is 8.90. The number of fused-ring (bicyclic) bond motifs is 1. The summed E-state index contributed by atoms with van der Waals surface area (Å²) >= 11 is 7.92. The van der Waals surface area contributed by atoms with Gasteiger partial charge in [-0.3, -0.25) is 9.97 Å². The molecule has 35 heavy (non-hydrogen) atoms. The lowest BCUT2D eigenvalue weighted by Crippen LogP contribution is -2.31. The Bertz CT molecular complexity index is 1500. The van der Waals surface area contributed by atoms with Crippen LogP contribution in [0.4, 0.5) is 0 Å². The van der Waals surface area contributed by atoms with Crippen LogP contribution in [0.1, 0.15) is 41.8 Å². The average Bonchev–Trinajstić information content (AvgIpc) is 3.63. The summed E-state index contributed by atoms with van der Waals surface area (Å²) in [5.41, 5.74) is 1.92. The number of pyridine rings is 2. The molecule has 5 rings (SSSR count). The molecule has 0 radical (unpaired) electrons. The van der Waals surface area contributed by atoms with Gasteiger partial charge in [0.05, 0.1) is 33.8 Å². The van der Waals surface area contributed by atoms with Crippen LogP contribution in [0.5, 0.6) is 0 Å². The summed E-state index contributed by atoms with van der Waals surface area (Å²) in [4.78, 5) is 9.74. The van der Waals surface area contributed by atoms with Crippen molar-refractivity contribution < 1.29 is 18.6 Å². The first kappa shape index (κ1) is 24.3. The van der Waals surface area contributed by atoms with E-state index < -0.39 is 28.3 Å². The number of aromatic nitrogens is 2. The summed E-state index contributed by atoms with van der Waals surface area (Å²) in [6, 6.07) is 13.7. The first-order valence-electron chi connectivity index (χ1n) is 11.1. The number of halogens is 1. The van der Waals surface area contributed by atoms with Gasteiger partial charge < -0.3 is 10.2 Å². The fourth-order valence-corrected chi connectivity index (χ4v) is 6.99. The van der Waals surface area contributed by atoms with E-state index in [0.29, 0.717) is 40.2 Å². The number of benzene rings is 1. The fourth-order valence-electron chi connectivity index (χ4n) is 3.93. The Morgan fingerprint density at radius 2 is 1.91 bits per heavy atom. The normalized spacial score (nSPS) is 16.8. The lowest BCUT2D eigenvalue weighted by atomic mass is 9.96. The van der Waals surface area contributed by atoms with Crippen LogP contribution in [-0.2, 0) is 15.6 Å². The molecule has 0 saturated heterocycles. The molecule has 1 unspecified atom stereocenters. The molecule has 0 amide bonds. The zero-order valence-electron chi connectivity index (χ0n) is 18.8. The Balaban J connectivity index is 1.62. The van der Waals surface area contributed by atoms with Crippen LogP contribution in [-0.4, -0.2) is 40.5 Å². The molecule has 0 aliphatic heterocycles. The third kappa shape index (κ3) is 4.84. The Labute approximate surface area is 212 Å². The molecule has 182 valence electrons. The van der Waals surface area contributed by atoms with Crippen LogP contribution in [0.25, 0.3) is 21.5 Å². The van der Waals surface area contributed by atoms with Crippen molar-refractivity contribution in [2.75, 3.05) is 6.61 Å². The number of nitrogens with zero attached hydrogens (tertiary/aromatic N) is 2. The van der Waals surface area contributed by atoms with Crippen LogP contribution < -0.4 is 4.72 Å².